The lowest BCUT2D eigenvalue weighted by molar-refractivity contribution is -0.143. The summed E-state index contributed by atoms with van der Waals surface area (Å²) < 4.78 is 0. The van der Waals surface area contributed by atoms with Gasteiger partial charge in [-0.1, -0.05) is 64.4 Å². The van der Waals surface area contributed by atoms with Crippen molar-refractivity contribution < 1.29 is 63.3 Å². The summed E-state index contributed by atoms with van der Waals surface area (Å²) in [6.07, 6.45) is 0.766. The topological polar surface area (TPSA) is 485 Å². The first-order valence-electron chi connectivity index (χ1n) is 27.0. The van der Waals surface area contributed by atoms with E-state index in [1.165, 1.54) is 19.4 Å². The molecule has 29 heteroatoms. The summed E-state index contributed by atoms with van der Waals surface area (Å²) >= 11 is 0. The number of aliphatic hydroxyl groups is 2. The van der Waals surface area contributed by atoms with Crippen molar-refractivity contribution in [1.29, 1.82) is 0 Å². The number of H-pyrrole nitrogens is 1. The molecule has 0 fully saturated rings. The summed E-state index contributed by atoms with van der Waals surface area (Å²) in [7, 11) is 0. The number of nitrogens with two attached hydrogens (primary N) is 4. The minimum absolute atomic E-state index is 0.000427. The number of carboxylic acid groups (broad SMARTS) is 1. The number of aliphatic carboxylic acids is 1. The van der Waals surface area contributed by atoms with Gasteiger partial charge in [-0.05, 0) is 89.7 Å². The molecule has 0 radical (unpaired) electrons. The zero-order valence-electron chi connectivity index (χ0n) is 47.2. The van der Waals surface area contributed by atoms with Gasteiger partial charge in [0.05, 0.1) is 31.1 Å². The summed E-state index contributed by atoms with van der Waals surface area (Å²) in [5.74, 6) is -9.89. The van der Waals surface area contributed by atoms with Crippen molar-refractivity contribution in [2.45, 2.75) is 173 Å². The number of hydrogen-bond acceptors (Lipinski definition) is 16. The zero-order chi connectivity index (χ0) is 60.9. The molecule has 0 saturated heterocycles. The number of amides is 9. The summed E-state index contributed by atoms with van der Waals surface area (Å²) in [5, 5.41) is 53.5. The van der Waals surface area contributed by atoms with Crippen molar-refractivity contribution in [3.8, 4) is 0 Å². The molecule has 1 aromatic carbocycles. The Hall–Kier alpha value is -7.76. The van der Waals surface area contributed by atoms with E-state index in [4.69, 9.17) is 22.9 Å². The van der Waals surface area contributed by atoms with Crippen LogP contribution >= 0.6 is 0 Å². The van der Waals surface area contributed by atoms with Crippen LogP contribution in [-0.4, -0.2) is 177 Å². The fourth-order valence-corrected chi connectivity index (χ4v) is 7.99. The standard InChI is InChI=1S/C52H86N16O13/c1-8-28(4)40(49(78)65-38(51(80)81)22-27(2)3)66-46(75)35(17-12-20-53)62-39(71)25-59-48(77)41(30(6)69)68-50(79)42(31(7)70)67-47(76)37(23-33-24-57-26-60-33)64-45(74)36(19-18-32-14-10-9-11-15-32)63-43(72)29(5)61-44(73)34(54)16-13-21-58-52(55)56/h9-11,14-15,24,26-31,34-38,40-42,69-70H,8,12-13,16-23,25,53-54H2,1-7H3,(H,57,60)(H,59,77)(H,61,73)(H,62,71)(H,63,72)(H,64,74)(H,65,78)(H,66,75)(H,67,76)(H,68,79)(H,80,81)(H4,55,56,58)/t28?,29-,30+,31+,34-,35-,36-,37-,38+,40-,41-,42-/m0/s1. The lowest BCUT2D eigenvalue weighted by Gasteiger charge is -2.28. The first kappa shape index (κ1) is 69.3. The van der Waals surface area contributed by atoms with Gasteiger partial charge in [0.1, 0.15) is 48.3 Å². The molecule has 21 N–H and O–H groups in total. The molecule has 2 rings (SSSR count). The van der Waals surface area contributed by atoms with Gasteiger partial charge < -0.3 is 91.1 Å². The zero-order valence-corrected chi connectivity index (χ0v) is 47.2. The largest absolute Gasteiger partial charge is 0.480 e. The average Bonchev–Trinajstić information content (AvgIpc) is 3.95. The van der Waals surface area contributed by atoms with Crippen molar-refractivity contribution in [3.63, 3.8) is 0 Å². The number of aliphatic hydroxyl groups excluding tert-OH is 2. The number of carbonyl (C=O) groups excluding carboxylic acids is 9. The predicted molar refractivity (Wildman–Crippen MR) is 297 cm³/mol. The number of hydrogen-bond donors (Lipinski definition) is 17. The number of imidazole rings is 1. The fraction of sp³-hybridized carbons (Fsp3) is 0.615. The van der Waals surface area contributed by atoms with Gasteiger partial charge in [-0.25, -0.2) is 9.78 Å². The first-order chi connectivity index (χ1) is 38.2. The second kappa shape index (κ2) is 35.8. The van der Waals surface area contributed by atoms with Crippen LogP contribution < -0.4 is 70.8 Å². The number of nitrogens with zero attached hydrogens (tertiary/aromatic N) is 2. The molecule has 0 saturated carbocycles. The molecule has 29 nitrogen and oxygen atoms in total. The molecule has 452 valence electrons. The third kappa shape index (κ3) is 25.5. The Morgan fingerprint density at radius 2 is 1.20 bits per heavy atom. The molecule has 1 aromatic heterocycles. The van der Waals surface area contributed by atoms with Crippen molar-refractivity contribution in [2.24, 2.45) is 39.8 Å². The van der Waals surface area contributed by atoms with E-state index >= 15 is 0 Å². The molecule has 1 heterocycles. The van der Waals surface area contributed by atoms with Crippen LogP contribution in [0.3, 0.4) is 0 Å². The van der Waals surface area contributed by atoms with E-state index in [2.05, 4.69) is 62.8 Å². The fourth-order valence-electron chi connectivity index (χ4n) is 7.99. The Morgan fingerprint density at radius 1 is 0.642 bits per heavy atom. The SMILES string of the molecule is CCC(C)[C@H](NC(=O)[C@H](CCCN)NC(=O)CNC(=O)[C@@H](NC(=O)[C@@H](NC(=O)[C@H](Cc1cnc[nH]1)NC(=O)[C@H](CCc1ccccc1)NC(=O)[C@H](C)NC(=O)[C@@H](N)CCCN=C(N)N)[C@@H](C)O)[C@@H](C)O)C(=O)N[C@H](CC(C)C)C(=O)O. The summed E-state index contributed by atoms with van der Waals surface area (Å²) in [5.41, 5.74) is 23.6. The van der Waals surface area contributed by atoms with Crippen LogP contribution in [0.5, 0.6) is 0 Å². The van der Waals surface area contributed by atoms with Crippen LogP contribution in [0.25, 0.3) is 0 Å². The maximum atomic E-state index is 14.2. The number of aryl methyl sites for hydroxylation is 1. The van der Waals surface area contributed by atoms with Gasteiger partial charge in [-0.3, -0.25) is 48.1 Å². The molecule has 12 atom stereocenters. The van der Waals surface area contributed by atoms with E-state index in [9.17, 15) is 63.3 Å². The van der Waals surface area contributed by atoms with Crippen molar-refractivity contribution >= 4 is 65.1 Å². The lowest BCUT2D eigenvalue weighted by Crippen LogP contribution is -2.62. The smallest absolute Gasteiger partial charge is 0.326 e. The quantitative estimate of drug-likeness (QED) is 0.0173. The minimum Gasteiger partial charge on any atom is -0.480 e. The van der Waals surface area contributed by atoms with Gasteiger partial charge in [0.25, 0.3) is 0 Å². The van der Waals surface area contributed by atoms with Crippen LogP contribution in [0.1, 0.15) is 105 Å². The van der Waals surface area contributed by atoms with Crippen LogP contribution in [0.15, 0.2) is 47.8 Å². The highest BCUT2D eigenvalue weighted by molar-refractivity contribution is 5.98. The summed E-state index contributed by atoms with van der Waals surface area (Å²) in [6.45, 7) is 10.3. The van der Waals surface area contributed by atoms with Crippen LogP contribution in [-0.2, 0) is 60.8 Å². The highest BCUT2D eigenvalue weighted by atomic mass is 16.4. The number of aliphatic imine (C=N–C) groups is 1. The molecule has 9 amide bonds. The Morgan fingerprint density at radius 3 is 1.77 bits per heavy atom. The van der Waals surface area contributed by atoms with E-state index in [1.54, 1.807) is 45.9 Å². The number of guanidine groups is 1. The molecule has 0 bridgehead atoms. The highest BCUT2D eigenvalue weighted by Crippen LogP contribution is 2.13. The minimum atomic E-state index is -1.83. The number of aromatic amines is 1. The summed E-state index contributed by atoms with van der Waals surface area (Å²) in [6, 6.07) is -3.36. The highest BCUT2D eigenvalue weighted by Gasteiger charge is 2.37. The van der Waals surface area contributed by atoms with E-state index in [0.29, 0.717) is 18.5 Å². The molecule has 0 aliphatic heterocycles. The molecule has 2 aromatic rings. The Labute approximate surface area is 471 Å². The maximum absolute atomic E-state index is 14.2. The third-order valence-corrected chi connectivity index (χ3v) is 12.9. The molecule has 0 aliphatic rings. The second-order valence-corrected chi connectivity index (χ2v) is 20.3. The van der Waals surface area contributed by atoms with E-state index in [-0.39, 0.29) is 69.9 Å². The number of carbonyl (C=O) groups is 10. The number of rotatable bonds is 37. The molecule has 0 spiro atoms. The van der Waals surface area contributed by atoms with Gasteiger partial charge in [-0.15, -0.1) is 0 Å². The van der Waals surface area contributed by atoms with Crippen LogP contribution in [0.4, 0.5) is 0 Å². The molecule has 1 unspecified atom stereocenters. The maximum Gasteiger partial charge on any atom is 0.326 e. The van der Waals surface area contributed by atoms with Gasteiger partial charge in [0, 0.05) is 24.9 Å². The number of nitrogens with one attached hydrogen (secondary N) is 10. The van der Waals surface area contributed by atoms with Crippen molar-refractivity contribution in [3.05, 3.63) is 54.1 Å². The Balaban J connectivity index is 2.27. The van der Waals surface area contributed by atoms with E-state index in [1.807, 2.05) is 12.1 Å². The monoisotopic (exact) mass is 1140 g/mol. The first-order valence-corrected chi connectivity index (χ1v) is 27.0. The average molecular weight is 1140 g/mol. The summed E-state index contributed by atoms with van der Waals surface area (Å²) in [4.78, 5) is 145. The van der Waals surface area contributed by atoms with Crippen molar-refractivity contribution in [1.82, 2.24) is 57.8 Å². The van der Waals surface area contributed by atoms with Crippen LogP contribution in [0.2, 0.25) is 0 Å². The number of aromatic nitrogens is 2. The predicted octanol–water partition coefficient (Wildman–Crippen LogP) is -4.34. The second-order valence-electron chi connectivity index (χ2n) is 20.3. The third-order valence-electron chi connectivity index (χ3n) is 12.9. The molecule has 0 aliphatic carbocycles. The van der Waals surface area contributed by atoms with Gasteiger partial charge in [0.15, 0.2) is 5.96 Å². The number of benzene rings is 1. The van der Waals surface area contributed by atoms with Gasteiger partial charge in [-0.2, -0.15) is 0 Å². The Kier molecular flexibility index (Phi) is 30.6. The van der Waals surface area contributed by atoms with E-state index < -0.39 is 138 Å². The lowest BCUT2D eigenvalue weighted by atomic mass is 9.96. The molecule has 81 heavy (non-hydrogen) atoms. The van der Waals surface area contributed by atoms with Gasteiger partial charge >= 0.3 is 5.97 Å². The number of carboxylic acids is 1. The normalized spacial score (nSPS) is 15.6. The molecular weight excluding hydrogens is 1060 g/mol. The Bertz CT molecular complexity index is 2390. The van der Waals surface area contributed by atoms with Gasteiger partial charge in [0.2, 0.25) is 53.2 Å². The van der Waals surface area contributed by atoms with E-state index in [0.717, 1.165) is 19.4 Å². The molecular formula is C52H86N16O13. The van der Waals surface area contributed by atoms with Crippen molar-refractivity contribution in [2.75, 3.05) is 19.6 Å². The van der Waals surface area contributed by atoms with Crippen LogP contribution in [0, 0.1) is 11.8 Å².